The van der Waals surface area contributed by atoms with Gasteiger partial charge in [0, 0.05) is 12.7 Å². The number of benzene rings is 1. The van der Waals surface area contributed by atoms with Gasteiger partial charge in [0.05, 0.1) is 11.6 Å². The summed E-state index contributed by atoms with van der Waals surface area (Å²) in [6.45, 7) is 0.700. The number of carbonyl (C=O) groups is 1. The van der Waals surface area contributed by atoms with Crippen LogP contribution in [0, 0.1) is 5.82 Å². The van der Waals surface area contributed by atoms with Crippen LogP contribution in [0.5, 0.6) is 0 Å². The maximum absolute atomic E-state index is 13.1. The molecule has 0 saturated carbocycles. The molecule has 3 rings (SSSR count). The molecule has 2 N–H and O–H groups in total. The highest BCUT2D eigenvalue weighted by atomic mass is 19.1. The monoisotopic (exact) mass is 299 g/mol. The molecule has 114 valence electrons. The summed E-state index contributed by atoms with van der Waals surface area (Å²) in [5.74, 6) is 0.0759. The van der Waals surface area contributed by atoms with Crippen molar-refractivity contribution in [2.75, 3.05) is 12.3 Å². The molecule has 5 heteroatoms. The quantitative estimate of drug-likeness (QED) is 0.926. The predicted octanol–water partition coefficient (Wildman–Crippen LogP) is 3.17. The summed E-state index contributed by atoms with van der Waals surface area (Å²) in [6.07, 6.45) is 4.44. The summed E-state index contributed by atoms with van der Waals surface area (Å²) in [6, 6.07) is 9.71. The van der Waals surface area contributed by atoms with Crippen LogP contribution < -0.4 is 5.73 Å². The third-order valence-electron chi connectivity index (χ3n) is 4.05. The SMILES string of the molecule is Nc1ccc(C(=O)N2CCCC[C@@H]2c2ccc(F)cc2)cn1. The van der Waals surface area contributed by atoms with Gasteiger partial charge in [-0.15, -0.1) is 0 Å². The molecule has 2 aromatic rings. The van der Waals surface area contributed by atoms with Crippen molar-refractivity contribution >= 4 is 11.7 Å². The third kappa shape index (κ3) is 2.93. The Bertz CT molecular complexity index is 655. The molecule has 1 aliphatic heterocycles. The summed E-state index contributed by atoms with van der Waals surface area (Å²) in [5, 5.41) is 0. The van der Waals surface area contributed by atoms with E-state index in [4.69, 9.17) is 5.73 Å². The van der Waals surface area contributed by atoms with Crippen LogP contribution in [0.25, 0.3) is 0 Å². The second-order valence-corrected chi connectivity index (χ2v) is 5.53. The molecular weight excluding hydrogens is 281 g/mol. The van der Waals surface area contributed by atoms with E-state index in [9.17, 15) is 9.18 Å². The van der Waals surface area contributed by atoms with Gasteiger partial charge in [-0.25, -0.2) is 9.37 Å². The van der Waals surface area contributed by atoms with Crippen LogP contribution in [0.1, 0.15) is 41.2 Å². The van der Waals surface area contributed by atoms with Gasteiger partial charge < -0.3 is 10.6 Å². The molecule has 1 saturated heterocycles. The van der Waals surface area contributed by atoms with Gasteiger partial charge in [0.2, 0.25) is 0 Å². The fourth-order valence-corrected chi connectivity index (χ4v) is 2.90. The number of anilines is 1. The van der Waals surface area contributed by atoms with Crippen LogP contribution >= 0.6 is 0 Å². The number of rotatable bonds is 2. The van der Waals surface area contributed by atoms with Gasteiger partial charge >= 0.3 is 0 Å². The number of carbonyl (C=O) groups excluding carboxylic acids is 1. The molecule has 0 aliphatic carbocycles. The molecule has 0 radical (unpaired) electrons. The lowest BCUT2D eigenvalue weighted by Crippen LogP contribution is -2.38. The van der Waals surface area contributed by atoms with Crippen molar-refractivity contribution in [3.8, 4) is 0 Å². The van der Waals surface area contributed by atoms with Crippen molar-refractivity contribution in [3.05, 3.63) is 59.5 Å². The Labute approximate surface area is 128 Å². The molecule has 1 aromatic heterocycles. The van der Waals surface area contributed by atoms with Crippen molar-refractivity contribution < 1.29 is 9.18 Å². The lowest BCUT2D eigenvalue weighted by molar-refractivity contribution is 0.0611. The number of hydrogen-bond donors (Lipinski definition) is 1. The Morgan fingerprint density at radius 3 is 2.64 bits per heavy atom. The average molecular weight is 299 g/mol. The van der Waals surface area contributed by atoms with Gasteiger partial charge in [0.15, 0.2) is 0 Å². The number of aromatic nitrogens is 1. The van der Waals surface area contributed by atoms with E-state index in [1.54, 1.807) is 24.3 Å². The number of nitrogens with zero attached hydrogens (tertiary/aromatic N) is 2. The van der Waals surface area contributed by atoms with Crippen molar-refractivity contribution in [3.63, 3.8) is 0 Å². The van der Waals surface area contributed by atoms with Crippen LogP contribution in [-0.4, -0.2) is 22.3 Å². The molecule has 0 unspecified atom stereocenters. The molecule has 1 atom stereocenters. The third-order valence-corrected chi connectivity index (χ3v) is 4.05. The molecule has 1 fully saturated rings. The van der Waals surface area contributed by atoms with E-state index in [0.717, 1.165) is 24.8 Å². The van der Waals surface area contributed by atoms with E-state index in [-0.39, 0.29) is 17.8 Å². The number of pyridine rings is 1. The van der Waals surface area contributed by atoms with Crippen LogP contribution in [0.3, 0.4) is 0 Å². The maximum Gasteiger partial charge on any atom is 0.255 e. The van der Waals surface area contributed by atoms with E-state index >= 15 is 0 Å². The molecule has 0 bridgehead atoms. The van der Waals surface area contributed by atoms with Crippen molar-refractivity contribution in [1.82, 2.24) is 9.88 Å². The molecule has 1 amide bonds. The van der Waals surface area contributed by atoms with Gasteiger partial charge in [0.1, 0.15) is 11.6 Å². The lowest BCUT2D eigenvalue weighted by Gasteiger charge is -2.36. The zero-order valence-corrected chi connectivity index (χ0v) is 12.2. The first kappa shape index (κ1) is 14.5. The predicted molar refractivity (Wildman–Crippen MR) is 82.7 cm³/mol. The molecule has 1 aromatic carbocycles. The van der Waals surface area contributed by atoms with Crippen LogP contribution in [-0.2, 0) is 0 Å². The number of piperidine rings is 1. The number of nitrogens with two attached hydrogens (primary N) is 1. The van der Waals surface area contributed by atoms with Gasteiger partial charge in [-0.05, 0) is 49.1 Å². The smallest absolute Gasteiger partial charge is 0.255 e. The summed E-state index contributed by atoms with van der Waals surface area (Å²) in [7, 11) is 0. The number of halogens is 1. The van der Waals surface area contributed by atoms with Crippen LogP contribution in [0.2, 0.25) is 0 Å². The van der Waals surface area contributed by atoms with E-state index in [2.05, 4.69) is 4.98 Å². The number of nitrogen functional groups attached to an aromatic ring is 1. The first-order valence-corrected chi connectivity index (χ1v) is 7.43. The van der Waals surface area contributed by atoms with Crippen molar-refractivity contribution in [2.24, 2.45) is 0 Å². The Morgan fingerprint density at radius 2 is 1.95 bits per heavy atom. The second-order valence-electron chi connectivity index (χ2n) is 5.53. The average Bonchev–Trinajstić information content (AvgIpc) is 2.56. The number of amides is 1. The first-order chi connectivity index (χ1) is 10.6. The Balaban J connectivity index is 1.87. The minimum Gasteiger partial charge on any atom is -0.384 e. The number of likely N-dealkylation sites (tertiary alicyclic amines) is 1. The Kier molecular flexibility index (Phi) is 4.04. The topological polar surface area (TPSA) is 59.2 Å². The van der Waals surface area contributed by atoms with E-state index in [1.165, 1.54) is 18.3 Å². The zero-order chi connectivity index (χ0) is 15.5. The summed E-state index contributed by atoms with van der Waals surface area (Å²) >= 11 is 0. The lowest BCUT2D eigenvalue weighted by atomic mass is 9.94. The Morgan fingerprint density at radius 1 is 1.18 bits per heavy atom. The summed E-state index contributed by atoms with van der Waals surface area (Å²) in [5.41, 5.74) is 7.07. The van der Waals surface area contributed by atoms with E-state index in [1.807, 2.05) is 4.90 Å². The maximum atomic E-state index is 13.1. The normalized spacial score (nSPS) is 18.2. The van der Waals surface area contributed by atoms with Gasteiger partial charge in [0.25, 0.3) is 5.91 Å². The van der Waals surface area contributed by atoms with E-state index in [0.29, 0.717) is 17.9 Å². The highest BCUT2D eigenvalue weighted by Crippen LogP contribution is 2.32. The first-order valence-electron chi connectivity index (χ1n) is 7.43. The molecular formula is C17H18FN3O. The standard InChI is InChI=1S/C17H18FN3O/c18-14-7-4-12(5-8-14)15-3-1-2-10-21(15)17(22)13-6-9-16(19)20-11-13/h4-9,11,15H,1-3,10H2,(H2,19,20)/t15-/m1/s1. The minimum absolute atomic E-state index is 0.0144. The summed E-state index contributed by atoms with van der Waals surface area (Å²) in [4.78, 5) is 18.6. The number of hydrogen-bond acceptors (Lipinski definition) is 3. The van der Waals surface area contributed by atoms with Gasteiger partial charge in [-0.1, -0.05) is 12.1 Å². The fraction of sp³-hybridized carbons (Fsp3) is 0.294. The largest absolute Gasteiger partial charge is 0.384 e. The zero-order valence-electron chi connectivity index (χ0n) is 12.2. The minimum atomic E-state index is -0.264. The second kappa shape index (κ2) is 6.13. The highest BCUT2D eigenvalue weighted by molar-refractivity contribution is 5.94. The van der Waals surface area contributed by atoms with Crippen LogP contribution in [0.15, 0.2) is 42.6 Å². The van der Waals surface area contributed by atoms with Crippen molar-refractivity contribution in [2.45, 2.75) is 25.3 Å². The molecule has 1 aliphatic rings. The highest BCUT2D eigenvalue weighted by Gasteiger charge is 2.28. The summed E-state index contributed by atoms with van der Waals surface area (Å²) < 4.78 is 13.1. The molecule has 0 spiro atoms. The van der Waals surface area contributed by atoms with Gasteiger partial charge in [-0.2, -0.15) is 0 Å². The molecule has 4 nitrogen and oxygen atoms in total. The van der Waals surface area contributed by atoms with Crippen LogP contribution in [0.4, 0.5) is 10.2 Å². The molecule has 2 heterocycles. The van der Waals surface area contributed by atoms with E-state index < -0.39 is 0 Å². The van der Waals surface area contributed by atoms with Crippen molar-refractivity contribution in [1.29, 1.82) is 0 Å². The molecule has 22 heavy (non-hydrogen) atoms. The Hall–Kier alpha value is -2.43. The fourth-order valence-electron chi connectivity index (χ4n) is 2.90. The van der Waals surface area contributed by atoms with Gasteiger partial charge in [-0.3, -0.25) is 4.79 Å².